The van der Waals surface area contributed by atoms with Crippen LogP contribution in [0.1, 0.15) is 44.0 Å². The zero-order chi connectivity index (χ0) is 17.5. The summed E-state index contributed by atoms with van der Waals surface area (Å²) in [6.07, 6.45) is 1.89. The molecule has 1 fully saturated rings. The second-order valence-corrected chi connectivity index (χ2v) is 5.96. The third-order valence-electron chi connectivity index (χ3n) is 3.81. The quantitative estimate of drug-likeness (QED) is 0.738. The van der Waals surface area contributed by atoms with Crippen molar-refractivity contribution in [1.29, 1.82) is 0 Å². The van der Waals surface area contributed by atoms with E-state index < -0.39 is 0 Å². The highest BCUT2D eigenvalue weighted by Gasteiger charge is 2.26. The van der Waals surface area contributed by atoms with Crippen molar-refractivity contribution < 1.29 is 19.1 Å². The van der Waals surface area contributed by atoms with E-state index in [0.717, 1.165) is 24.2 Å². The van der Waals surface area contributed by atoms with E-state index in [-0.39, 0.29) is 30.8 Å². The second-order valence-electron chi connectivity index (χ2n) is 5.96. The highest BCUT2D eigenvalue weighted by atomic mass is 16.5. The SMILES string of the molecule is CCOC(=O)CCC(=O)N1CCC[C@H](Oc2nc(C)cc(C)n2)C1. The van der Waals surface area contributed by atoms with Gasteiger partial charge in [0.05, 0.1) is 19.6 Å². The second kappa shape index (κ2) is 8.61. The van der Waals surface area contributed by atoms with E-state index in [0.29, 0.717) is 25.7 Å². The number of hydrogen-bond donors (Lipinski definition) is 0. The number of ether oxygens (including phenoxy) is 2. The molecule has 2 rings (SSSR count). The molecule has 0 N–H and O–H groups in total. The molecule has 24 heavy (non-hydrogen) atoms. The van der Waals surface area contributed by atoms with Crippen LogP contribution in [-0.4, -0.2) is 52.5 Å². The number of carbonyl (C=O) groups excluding carboxylic acids is 2. The molecule has 1 aliphatic heterocycles. The Kier molecular flexibility index (Phi) is 6.52. The molecule has 1 saturated heterocycles. The Hall–Kier alpha value is -2.18. The molecule has 1 aromatic rings. The Morgan fingerprint density at radius 1 is 1.25 bits per heavy atom. The van der Waals surface area contributed by atoms with Crippen molar-refractivity contribution in [2.45, 2.75) is 52.6 Å². The molecule has 0 spiro atoms. The molecule has 1 amide bonds. The lowest BCUT2D eigenvalue weighted by Gasteiger charge is -2.32. The maximum absolute atomic E-state index is 12.2. The maximum atomic E-state index is 12.2. The summed E-state index contributed by atoms with van der Waals surface area (Å²) in [5, 5.41) is 0. The molecular weight excluding hydrogens is 310 g/mol. The van der Waals surface area contributed by atoms with Crippen LogP contribution in [0.3, 0.4) is 0 Å². The average molecular weight is 335 g/mol. The van der Waals surface area contributed by atoms with Crippen molar-refractivity contribution in [3.8, 4) is 6.01 Å². The summed E-state index contributed by atoms with van der Waals surface area (Å²) in [6.45, 7) is 7.07. The smallest absolute Gasteiger partial charge is 0.317 e. The largest absolute Gasteiger partial charge is 0.466 e. The molecule has 0 saturated carbocycles. The predicted octanol–water partition coefficient (Wildman–Crippen LogP) is 1.81. The van der Waals surface area contributed by atoms with Crippen LogP contribution in [0.25, 0.3) is 0 Å². The average Bonchev–Trinajstić information content (AvgIpc) is 2.52. The zero-order valence-corrected chi connectivity index (χ0v) is 14.6. The van der Waals surface area contributed by atoms with Crippen LogP contribution < -0.4 is 4.74 Å². The summed E-state index contributed by atoms with van der Waals surface area (Å²) < 4.78 is 10.7. The molecule has 0 aromatic carbocycles. The van der Waals surface area contributed by atoms with Gasteiger partial charge < -0.3 is 14.4 Å². The molecule has 132 valence electrons. The van der Waals surface area contributed by atoms with Crippen LogP contribution in [-0.2, 0) is 14.3 Å². The lowest BCUT2D eigenvalue weighted by molar-refractivity contribution is -0.146. The fourth-order valence-corrected chi connectivity index (χ4v) is 2.76. The highest BCUT2D eigenvalue weighted by molar-refractivity contribution is 5.81. The first-order valence-electron chi connectivity index (χ1n) is 8.40. The Balaban J connectivity index is 1.86. The number of aromatic nitrogens is 2. The molecule has 1 atom stereocenters. The molecule has 0 unspecified atom stereocenters. The molecule has 2 heterocycles. The Labute approximate surface area is 142 Å². The van der Waals surface area contributed by atoms with E-state index in [9.17, 15) is 9.59 Å². The molecule has 1 aromatic heterocycles. The van der Waals surface area contributed by atoms with Gasteiger partial charge in [0.1, 0.15) is 6.10 Å². The molecular formula is C17H25N3O4. The van der Waals surface area contributed by atoms with E-state index in [1.165, 1.54) is 0 Å². The van der Waals surface area contributed by atoms with Crippen molar-refractivity contribution in [2.75, 3.05) is 19.7 Å². The predicted molar refractivity (Wildman–Crippen MR) is 87.6 cm³/mol. The topological polar surface area (TPSA) is 81.6 Å². The van der Waals surface area contributed by atoms with Gasteiger partial charge in [-0.2, -0.15) is 0 Å². The van der Waals surface area contributed by atoms with Crippen LogP contribution >= 0.6 is 0 Å². The number of aryl methyl sites for hydroxylation is 2. The summed E-state index contributed by atoms with van der Waals surface area (Å²) in [5.41, 5.74) is 1.71. The normalized spacial score (nSPS) is 17.5. The van der Waals surface area contributed by atoms with E-state index in [2.05, 4.69) is 9.97 Å². The lowest BCUT2D eigenvalue weighted by atomic mass is 10.1. The first-order valence-corrected chi connectivity index (χ1v) is 8.40. The van der Waals surface area contributed by atoms with Crippen LogP contribution in [0.5, 0.6) is 6.01 Å². The van der Waals surface area contributed by atoms with Crippen molar-refractivity contribution >= 4 is 11.9 Å². The minimum atomic E-state index is -0.334. The van der Waals surface area contributed by atoms with E-state index >= 15 is 0 Å². The third-order valence-corrected chi connectivity index (χ3v) is 3.81. The van der Waals surface area contributed by atoms with Crippen molar-refractivity contribution in [3.63, 3.8) is 0 Å². The van der Waals surface area contributed by atoms with Crippen LogP contribution in [0.4, 0.5) is 0 Å². The number of hydrogen-bond acceptors (Lipinski definition) is 6. The van der Waals surface area contributed by atoms with Crippen LogP contribution in [0.15, 0.2) is 6.07 Å². The highest BCUT2D eigenvalue weighted by Crippen LogP contribution is 2.17. The standard InChI is InChI=1S/C17H25N3O4/c1-4-23-16(22)8-7-15(21)20-9-5-6-14(11-20)24-17-18-12(2)10-13(3)19-17/h10,14H,4-9,11H2,1-3H3/t14-/m0/s1. The first-order chi connectivity index (χ1) is 11.5. The summed E-state index contributed by atoms with van der Waals surface area (Å²) in [6, 6.07) is 2.25. The molecule has 1 aliphatic rings. The van der Waals surface area contributed by atoms with Crippen molar-refractivity contribution in [1.82, 2.24) is 14.9 Å². The van der Waals surface area contributed by atoms with Gasteiger partial charge in [0.25, 0.3) is 0 Å². The molecule has 0 radical (unpaired) electrons. The van der Waals surface area contributed by atoms with Gasteiger partial charge in [0, 0.05) is 24.4 Å². The minimum absolute atomic E-state index is 0.0438. The van der Waals surface area contributed by atoms with Crippen LogP contribution in [0.2, 0.25) is 0 Å². The molecule has 0 aliphatic carbocycles. The minimum Gasteiger partial charge on any atom is -0.466 e. The Morgan fingerprint density at radius 2 is 1.96 bits per heavy atom. The molecule has 0 bridgehead atoms. The molecule has 7 heteroatoms. The number of amides is 1. The van der Waals surface area contributed by atoms with Gasteiger partial charge in [-0.3, -0.25) is 9.59 Å². The van der Waals surface area contributed by atoms with Crippen molar-refractivity contribution in [3.05, 3.63) is 17.5 Å². The number of rotatable bonds is 6. The number of nitrogens with zero attached hydrogens (tertiary/aromatic N) is 3. The Bertz CT molecular complexity index is 571. The van der Waals surface area contributed by atoms with Crippen molar-refractivity contribution in [2.24, 2.45) is 0 Å². The van der Waals surface area contributed by atoms with Crippen LogP contribution in [0, 0.1) is 13.8 Å². The zero-order valence-electron chi connectivity index (χ0n) is 14.6. The van der Waals surface area contributed by atoms with E-state index in [1.54, 1.807) is 11.8 Å². The summed E-state index contributed by atoms with van der Waals surface area (Å²) in [7, 11) is 0. The number of piperidine rings is 1. The monoisotopic (exact) mass is 335 g/mol. The number of carbonyl (C=O) groups is 2. The third kappa shape index (κ3) is 5.47. The van der Waals surface area contributed by atoms with Gasteiger partial charge >= 0.3 is 12.0 Å². The van der Waals surface area contributed by atoms with E-state index in [4.69, 9.17) is 9.47 Å². The summed E-state index contributed by atoms with van der Waals surface area (Å²) in [5.74, 6) is -0.378. The molecule has 7 nitrogen and oxygen atoms in total. The van der Waals surface area contributed by atoms with Gasteiger partial charge in [-0.05, 0) is 39.7 Å². The van der Waals surface area contributed by atoms with Gasteiger partial charge in [-0.1, -0.05) is 0 Å². The number of esters is 1. The fourth-order valence-electron chi connectivity index (χ4n) is 2.76. The summed E-state index contributed by atoms with van der Waals surface area (Å²) in [4.78, 5) is 33.9. The van der Waals surface area contributed by atoms with E-state index in [1.807, 2.05) is 19.9 Å². The number of likely N-dealkylation sites (tertiary alicyclic amines) is 1. The van der Waals surface area contributed by atoms with Gasteiger partial charge in [-0.15, -0.1) is 0 Å². The van der Waals surface area contributed by atoms with Gasteiger partial charge in [0.15, 0.2) is 0 Å². The lowest BCUT2D eigenvalue weighted by Crippen LogP contribution is -2.44. The first kappa shape index (κ1) is 18.2. The summed E-state index contributed by atoms with van der Waals surface area (Å²) >= 11 is 0. The van der Waals surface area contributed by atoms with Gasteiger partial charge in [0.2, 0.25) is 5.91 Å². The maximum Gasteiger partial charge on any atom is 0.317 e. The Morgan fingerprint density at radius 3 is 2.62 bits per heavy atom. The van der Waals surface area contributed by atoms with Gasteiger partial charge in [-0.25, -0.2) is 9.97 Å². The fraction of sp³-hybridized carbons (Fsp3) is 0.647.